The van der Waals surface area contributed by atoms with Crippen molar-refractivity contribution in [1.82, 2.24) is 4.90 Å². The van der Waals surface area contributed by atoms with Gasteiger partial charge in [0, 0.05) is 24.3 Å². The fourth-order valence-electron chi connectivity index (χ4n) is 4.01. The molecule has 1 aliphatic rings. The summed E-state index contributed by atoms with van der Waals surface area (Å²) >= 11 is 0. The van der Waals surface area contributed by atoms with Gasteiger partial charge in [-0.15, -0.1) is 12.4 Å². The summed E-state index contributed by atoms with van der Waals surface area (Å²) in [7, 11) is 1.64. The van der Waals surface area contributed by atoms with Gasteiger partial charge in [-0.2, -0.15) is 0 Å². The molecular weight excluding hydrogens is 440 g/mol. The number of ether oxygens (including phenoxy) is 3. The van der Waals surface area contributed by atoms with Gasteiger partial charge in [-0.1, -0.05) is 19.4 Å². The highest BCUT2D eigenvalue weighted by Gasteiger charge is 2.26. The van der Waals surface area contributed by atoms with Crippen LogP contribution in [0.3, 0.4) is 0 Å². The van der Waals surface area contributed by atoms with E-state index in [1.165, 1.54) is 12.8 Å². The number of unbranched alkanes of at least 4 members (excludes halogenated alkanes) is 1. The number of hydrogen-bond acceptors (Lipinski definition) is 5. The van der Waals surface area contributed by atoms with Gasteiger partial charge in [0.15, 0.2) is 6.61 Å². The molecule has 1 aliphatic heterocycles. The van der Waals surface area contributed by atoms with Gasteiger partial charge in [0.2, 0.25) is 0 Å². The van der Waals surface area contributed by atoms with Crippen LogP contribution in [0.1, 0.15) is 39.5 Å². The molecule has 182 valence electrons. The minimum Gasteiger partial charge on any atom is -0.497 e. The molecule has 1 atom stereocenters. The minimum atomic E-state index is -0.0757. The third kappa shape index (κ3) is 8.13. The number of nitrogens with zero attached hydrogens (tertiary/aromatic N) is 2. The van der Waals surface area contributed by atoms with Crippen molar-refractivity contribution in [3.05, 3.63) is 48.5 Å². The lowest BCUT2D eigenvalue weighted by molar-refractivity contribution is -0.121. The first-order chi connectivity index (χ1) is 15.6. The number of rotatable bonds is 12. The van der Waals surface area contributed by atoms with Crippen LogP contribution in [0.4, 0.5) is 5.69 Å². The molecule has 2 aromatic carbocycles. The average Bonchev–Trinajstić information content (AvgIpc) is 3.32. The SMILES string of the molecule is CCCCOc1ccc(OCC(=O)N(c2cccc(OC)c2)C(C)CN2CCCC2)cc1.Cl. The smallest absolute Gasteiger partial charge is 0.265 e. The van der Waals surface area contributed by atoms with Crippen LogP contribution in [0.2, 0.25) is 0 Å². The molecule has 0 aliphatic carbocycles. The molecule has 2 aromatic rings. The second-order valence-electron chi connectivity index (χ2n) is 8.28. The number of likely N-dealkylation sites (tertiary alicyclic amines) is 1. The molecule has 3 rings (SSSR count). The van der Waals surface area contributed by atoms with Gasteiger partial charge in [0.1, 0.15) is 17.2 Å². The largest absolute Gasteiger partial charge is 0.497 e. The zero-order chi connectivity index (χ0) is 22.8. The lowest BCUT2D eigenvalue weighted by atomic mass is 10.2. The maximum atomic E-state index is 13.3. The van der Waals surface area contributed by atoms with E-state index in [0.29, 0.717) is 12.4 Å². The summed E-state index contributed by atoms with van der Waals surface area (Å²) in [5, 5.41) is 0. The fourth-order valence-corrected chi connectivity index (χ4v) is 4.01. The Balaban J connectivity index is 0.00000385. The molecule has 1 amide bonds. The molecule has 33 heavy (non-hydrogen) atoms. The van der Waals surface area contributed by atoms with Crippen molar-refractivity contribution in [2.45, 2.75) is 45.6 Å². The summed E-state index contributed by atoms with van der Waals surface area (Å²) in [6.45, 7) is 7.93. The maximum absolute atomic E-state index is 13.3. The van der Waals surface area contributed by atoms with Crippen LogP contribution in [0.25, 0.3) is 0 Å². The second-order valence-corrected chi connectivity index (χ2v) is 8.28. The third-order valence-corrected chi connectivity index (χ3v) is 5.71. The molecule has 7 heteroatoms. The van der Waals surface area contributed by atoms with E-state index in [1.54, 1.807) is 7.11 Å². The van der Waals surface area contributed by atoms with Crippen molar-refractivity contribution in [3.8, 4) is 17.2 Å². The van der Waals surface area contributed by atoms with Crippen molar-refractivity contribution in [1.29, 1.82) is 0 Å². The number of carbonyl (C=O) groups is 1. The van der Waals surface area contributed by atoms with Crippen LogP contribution in [0.15, 0.2) is 48.5 Å². The molecule has 0 radical (unpaired) electrons. The number of amides is 1. The number of benzene rings is 2. The predicted octanol–water partition coefficient (Wildman–Crippen LogP) is 5.19. The highest BCUT2D eigenvalue weighted by Crippen LogP contribution is 2.25. The number of anilines is 1. The van der Waals surface area contributed by atoms with Gasteiger partial charge < -0.3 is 24.0 Å². The van der Waals surface area contributed by atoms with E-state index < -0.39 is 0 Å². The summed E-state index contributed by atoms with van der Waals surface area (Å²) in [6, 6.07) is 15.1. The summed E-state index contributed by atoms with van der Waals surface area (Å²) in [4.78, 5) is 17.5. The zero-order valence-electron chi connectivity index (χ0n) is 20.0. The molecule has 1 unspecified atom stereocenters. The van der Waals surface area contributed by atoms with Crippen LogP contribution in [0, 0.1) is 0 Å². The fraction of sp³-hybridized carbons (Fsp3) is 0.500. The van der Waals surface area contributed by atoms with Crippen LogP contribution < -0.4 is 19.1 Å². The Hall–Kier alpha value is -2.44. The van der Waals surface area contributed by atoms with Crippen LogP contribution in [-0.4, -0.2) is 56.8 Å². The van der Waals surface area contributed by atoms with Crippen LogP contribution in [-0.2, 0) is 4.79 Å². The van der Waals surface area contributed by atoms with Crippen LogP contribution >= 0.6 is 12.4 Å². The summed E-state index contributed by atoms with van der Waals surface area (Å²) in [5.41, 5.74) is 0.823. The van der Waals surface area contributed by atoms with Gasteiger partial charge in [-0.3, -0.25) is 4.79 Å². The Morgan fingerprint density at radius 2 is 1.70 bits per heavy atom. The molecule has 0 saturated carbocycles. The number of hydrogen-bond donors (Lipinski definition) is 0. The molecule has 0 aromatic heterocycles. The topological polar surface area (TPSA) is 51.2 Å². The molecule has 0 bridgehead atoms. The van der Waals surface area contributed by atoms with E-state index in [1.807, 2.05) is 53.4 Å². The minimum absolute atomic E-state index is 0. The second kappa shape index (κ2) is 14.0. The van der Waals surface area contributed by atoms with Gasteiger partial charge in [0.05, 0.1) is 13.7 Å². The van der Waals surface area contributed by atoms with Crippen molar-refractivity contribution in [2.75, 3.05) is 44.9 Å². The zero-order valence-corrected chi connectivity index (χ0v) is 20.8. The van der Waals surface area contributed by atoms with Gasteiger partial charge in [-0.05, 0) is 75.7 Å². The summed E-state index contributed by atoms with van der Waals surface area (Å²) in [5.74, 6) is 2.12. The van der Waals surface area contributed by atoms with E-state index in [4.69, 9.17) is 14.2 Å². The van der Waals surface area contributed by atoms with Gasteiger partial charge >= 0.3 is 0 Å². The van der Waals surface area contributed by atoms with Crippen molar-refractivity contribution in [3.63, 3.8) is 0 Å². The molecular formula is C26H37ClN2O4. The highest BCUT2D eigenvalue weighted by atomic mass is 35.5. The number of carbonyl (C=O) groups excluding carboxylic acids is 1. The average molecular weight is 477 g/mol. The summed E-state index contributed by atoms with van der Waals surface area (Å²) in [6.07, 6.45) is 4.58. The molecule has 0 spiro atoms. The van der Waals surface area contributed by atoms with Gasteiger partial charge in [0.25, 0.3) is 5.91 Å². The standard InChI is InChI=1S/C26H36N2O4.ClH/c1-4-5-17-31-23-11-13-24(14-12-23)32-20-26(29)28(21(2)19-27-15-6-7-16-27)22-9-8-10-25(18-22)30-3;/h8-14,18,21H,4-7,15-17,19-20H2,1-3H3;1H. The Labute approximate surface area is 204 Å². The van der Waals surface area contributed by atoms with Crippen LogP contribution in [0.5, 0.6) is 17.2 Å². The maximum Gasteiger partial charge on any atom is 0.265 e. The molecule has 1 fully saturated rings. The quantitative estimate of drug-likeness (QED) is 0.394. The summed E-state index contributed by atoms with van der Waals surface area (Å²) < 4.78 is 16.9. The first kappa shape index (κ1) is 26.8. The van der Waals surface area contributed by atoms with E-state index >= 15 is 0 Å². The predicted molar refractivity (Wildman–Crippen MR) is 135 cm³/mol. The normalized spacial score (nSPS) is 14.3. The van der Waals surface area contributed by atoms with E-state index in [0.717, 1.165) is 49.7 Å². The van der Waals surface area contributed by atoms with Gasteiger partial charge in [-0.25, -0.2) is 0 Å². The Bertz CT molecular complexity index is 840. The lowest BCUT2D eigenvalue weighted by Gasteiger charge is -2.32. The van der Waals surface area contributed by atoms with Crippen molar-refractivity contribution in [2.24, 2.45) is 0 Å². The third-order valence-electron chi connectivity index (χ3n) is 5.71. The Morgan fingerprint density at radius 3 is 2.33 bits per heavy atom. The Morgan fingerprint density at radius 1 is 1.03 bits per heavy atom. The number of methoxy groups -OCH3 is 1. The van der Waals surface area contributed by atoms with E-state index in [9.17, 15) is 4.79 Å². The van der Waals surface area contributed by atoms with E-state index in [-0.39, 0.29) is 31.0 Å². The van der Waals surface area contributed by atoms with Crippen molar-refractivity contribution < 1.29 is 19.0 Å². The van der Waals surface area contributed by atoms with E-state index in [2.05, 4.69) is 18.7 Å². The molecule has 1 heterocycles. The molecule has 1 saturated heterocycles. The monoisotopic (exact) mass is 476 g/mol. The number of halogens is 1. The molecule has 6 nitrogen and oxygen atoms in total. The first-order valence-electron chi connectivity index (χ1n) is 11.6. The first-order valence-corrected chi connectivity index (χ1v) is 11.6. The van der Waals surface area contributed by atoms with Crippen molar-refractivity contribution >= 4 is 24.0 Å². The molecule has 0 N–H and O–H groups in total. The lowest BCUT2D eigenvalue weighted by Crippen LogP contribution is -2.47. The highest BCUT2D eigenvalue weighted by molar-refractivity contribution is 5.95. The Kier molecular flexibility index (Phi) is 11.3.